The predicted octanol–water partition coefficient (Wildman–Crippen LogP) is 15.7. The monoisotopic (exact) mass is 1530 g/mol. The summed E-state index contributed by atoms with van der Waals surface area (Å²) in [4.78, 5) is 64.1. The summed E-state index contributed by atoms with van der Waals surface area (Å²) in [6.45, 7) is 23.5. The van der Waals surface area contributed by atoms with E-state index in [0.717, 1.165) is 24.8 Å². The number of halogens is 6. The number of carbonyl (C=O) groups is 5. The number of benzene rings is 5. The lowest BCUT2D eigenvalue weighted by atomic mass is 9.78. The molecule has 24 heteroatoms. The Kier molecular flexibility index (Phi) is 28.1. The highest BCUT2D eigenvalue weighted by Crippen LogP contribution is 2.59. The number of aromatic hydroxyl groups is 2. The minimum Gasteiger partial charge on any atom is -0.748 e. The molecule has 0 aromatic heterocycles. The molecule has 93 heavy (non-hydrogen) atoms. The molecular formula is C69H84Br3F3O16S2. The fourth-order valence-corrected chi connectivity index (χ4v) is 15.4. The second-order valence-corrected chi connectivity index (χ2v) is 31.1. The zero-order chi connectivity index (χ0) is 69.7. The smallest absolute Gasteiger partial charge is 0.426 e. The lowest BCUT2D eigenvalue weighted by Crippen LogP contribution is -2.47. The topological polar surface area (TPSA) is 249 Å². The van der Waals surface area contributed by atoms with E-state index in [9.17, 15) is 65.4 Å². The maximum atomic E-state index is 13.1. The lowest BCUT2D eigenvalue weighted by Gasteiger charge is -2.33. The van der Waals surface area contributed by atoms with Gasteiger partial charge >= 0.3 is 36.0 Å². The van der Waals surface area contributed by atoms with E-state index in [2.05, 4.69) is 141 Å². The molecule has 10 atom stereocenters. The first kappa shape index (κ1) is 78.2. The van der Waals surface area contributed by atoms with Crippen LogP contribution < -0.4 is 4.74 Å². The minimum absolute atomic E-state index is 0.00435. The summed E-state index contributed by atoms with van der Waals surface area (Å²) in [5.74, 6) is -7.19. The molecule has 2 aliphatic heterocycles. The van der Waals surface area contributed by atoms with E-state index < -0.39 is 98.4 Å². The first-order valence-corrected chi connectivity index (χ1v) is 35.8. The van der Waals surface area contributed by atoms with Gasteiger partial charge < -0.3 is 43.6 Å². The number of ether oxygens (including phenoxy) is 5. The van der Waals surface area contributed by atoms with Crippen LogP contribution >= 0.6 is 47.8 Å². The van der Waals surface area contributed by atoms with Gasteiger partial charge in [-0.15, -0.1) is 0 Å². The maximum Gasteiger partial charge on any atom is 0.426 e. The van der Waals surface area contributed by atoms with Crippen molar-refractivity contribution in [3.63, 3.8) is 0 Å². The molecule has 4 aliphatic rings. The van der Waals surface area contributed by atoms with Crippen LogP contribution in [-0.4, -0.2) is 95.0 Å². The number of esters is 5. The van der Waals surface area contributed by atoms with Crippen LogP contribution in [0.2, 0.25) is 0 Å². The number of rotatable bonds is 18. The van der Waals surface area contributed by atoms with Crippen molar-refractivity contribution in [3.05, 3.63) is 140 Å². The third kappa shape index (κ3) is 21.0. The van der Waals surface area contributed by atoms with Crippen LogP contribution in [0.3, 0.4) is 0 Å². The van der Waals surface area contributed by atoms with E-state index in [0.29, 0.717) is 50.5 Å². The van der Waals surface area contributed by atoms with Crippen molar-refractivity contribution in [3.8, 4) is 17.2 Å². The van der Waals surface area contributed by atoms with E-state index in [1.165, 1.54) is 20.2 Å². The molecular weight excluding hydrogens is 1450 g/mol. The van der Waals surface area contributed by atoms with Gasteiger partial charge in [0.1, 0.15) is 28.2 Å². The molecule has 5 aromatic rings. The van der Waals surface area contributed by atoms with Crippen molar-refractivity contribution >= 4 is 98.6 Å². The number of carbonyl (C=O) groups excluding carboxylic acids is 5. The van der Waals surface area contributed by atoms with Gasteiger partial charge in [0.05, 0.1) is 76.5 Å². The molecule has 16 nitrogen and oxygen atoms in total. The van der Waals surface area contributed by atoms with Gasteiger partial charge in [0.15, 0.2) is 20.4 Å². The number of hydrogen-bond acceptors (Lipinski definition) is 16. The standard InChI is InChI=1S/C18H23F3O9S.C18H14OS.C13H20O.C12H13Br3O3.C8H14O2/c1-4-17(2,3)16(24)30-13-8-5-7-11(15(23)29-12(7)13)10(8)14(22)28-9(18(19,20)21)6-31(25,26)27;19-15-11-13-18(14-12-15)20(16-7-3-1-4-8-16)17-9-5-2-6-10-17;1-5-10(2)11-6-8-12(9-7-11)13(3,4)14;1-4-12(2,3)11(17)18-10-7(14)5-6(13)9(16)8(10)15;1-3-6(2)7-4-5-10-8(7)9/h7-13H,4-6H2,1-3H3,(H,25,26,27);1-14H;6-10,14H,5H2,1-4H3;5,16H,4H2,1-3H3;6-7H,3-5H2,1-2H3. The lowest BCUT2D eigenvalue weighted by molar-refractivity contribution is -0.220. The zero-order valence-electron chi connectivity index (χ0n) is 54.1. The van der Waals surface area contributed by atoms with E-state index in [-0.39, 0.29) is 46.7 Å². The second kappa shape index (κ2) is 33.4. The molecule has 2 saturated carbocycles. The number of aliphatic hydroxyl groups is 1. The van der Waals surface area contributed by atoms with Gasteiger partial charge in [-0.25, -0.2) is 8.42 Å². The van der Waals surface area contributed by atoms with Crippen molar-refractivity contribution in [1.29, 1.82) is 0 Å². The highest BCUT2D eigenvalue weighted by molar-refractivity contribution is 9.11. The fraction of sp³-hybridized carbons (Fsp3) is 0.493. The number of phenolic OH excluding ortho intramolecular Hbond substituents is 2. The quantitative estimate of drug-likeness (QED) is 0.0242. The Morgan fingerprint density at radius 1 is 0.731 bits per heavy atom. The summed E-state index contributed by atoms with van der Waals surface area (Å²) in [5, 5.41) is 29.0. The number of cyclic esters (lactones) is 1. The van der Waals surface area contributed by atoms with E-state index in [1.54, 1.807) is 39.0 Å². The molecule has 2 saturated heterocycles. The van der Waals surface area contributed by atoms with Gasteiger partial charge in [0.25, 0.3) is 0 Å². The molecule has 0 amide bonds. The third-order valence-electron chi connectivity index (χ3n) is 17.3. The molecule has 5 aromatic carbocycles. The Hall–Kier alpha value is -5.50. The van der Waals surface area contributed by atoms with Crippen LogP contribution in [0.5, 0.6) is 17.2 Å². The molecule has 0 spiro atoms. The minimum atomic E-state index is -5.36. The predicted molar refractivity (Wildman–Crippen MR) is 356 cm³/mol. The number of hydrogen-bond donors (Lipinski definition) is 3. The summed E-state index contributed by atoms with van der Waals surface area (Å²) in [7, 11) is -5.50. The number of fused-ring (bicyclic) bond motifs is 1. The largest absolute Gasteiger partial charge is 0.748 e. The normalized spacial score (nSPS) is 20.7. The number of phenols is 2. The Morgan fingerprint density at radius 2 is 1.26 bits per heavy atom. The molecule has 10 unspecified atom stereocenters. The SMILES string of the molecule is CCC(C)(C)C(=O)OC1C2CC3C1OC(=O)C3C2C(=O)OC(CS(=O)(=O)[O-])C(F)(F)F.CCC(C)(C)C(=O)Oc1c(Br)cc(Br)c(O)c1Br.CCC(C)C1CCOC1=O.CCC(C)c1ccc(C(C)(C)O)cc1.Oc1ccc([S+](c2ccccc2)c2ccccc2)cc1. The summed E-state index contributed by atoms with van der Waals surface area (Å²) in [5.41, 5.74) is 0.157. The highest BCUT2D eigenvalue weighted by Gasteiger charge is 2.70. The van der Waals surface area contributed by atoms with Crippen molar-refractivity contribution in [2.45, 2.75) is 172 Å². The first-order chi connectivity index (χ1) is 43.3. The summed E-state index contributed by atoms with van der Waals surface area (Å²) < 4.78 is 98.6. The van der Waals surface area contributed by atoms with E-state index >= 15 is 0 Å². The maximum absolute atomic E-state index is 13.1. The summed E-state index contributed by atoms with van der Waals surface area (Å²) >= 11 is 9.71. The third-order valence-corrected chi connectivity index (χ3v) is 22.2. The van der Waals surface area contributed by atoms with Crippen LogP contribution in [0.25, 0.3) is 0 Å². The molecule has 2 bridgehead atoms. The van der Waals surface area contributed by atoms with Gasteiger partial charge in [-0.1, -0.05) is 109 Å². The van der Waals surface area contributed by atoms with Gasteiger partial charge in [-0.3, -0.25) is 24.0 Å². The van der Waals surface area contributed by atoms with Crippen molar-refractivity contribution in [2.75, 3.05) is 12.4 Å². The van der Waals surface area contributed by atoms with Crippen LogP contribution in [0.15, 0.2) is 143 Å². The average Bonchev–Trinajstić information content (AvgIpc) is 1.55. The Balaban J connectivity index is 0.000000222. The van der Waals surface area contributed by atoms with E-state index in [1.807, 2.05) is 71.0 Å². The van der Waals surface area contributed by atoms with Gasteiger partial charge in [0.2, 0.25) is 6.10 Å². The van der Waals surface area contributed by atoms with E-state index in [4.69, 9.17) is 18.9 Å². The summed E-state index contributed by atoms with van der Waals surface area (Å²) in [6.07, 6.45) is -5.86. The number of alkyl halides is 3. The van der Waals surface area contributed by atoms with Crippen LogP contribution in [-0.2, 0) is 69.5 Å². The zero-order valence-corrected chi connectivity index (χ0v) is 60.5. The van der Waals surface area contributed by atoms with Crippen molar-refractivity contribution in [2.24, 2.45) is 46.3 Å². The molecule has 9 rings (SSSR count). The Morgan fingerprint density at radius 3 is 1.72 bits per heavy atom. The summed E-state index contributed by atoms with van der Waals surface area (Å²) in [6, 6.07) is 38.3. The van der Waals surface area contributed by atoms with Gasteiger partial charge in [-0.2, -0.15) is 13.2 Å². The first-order valence-electron chi connectivity index (χ1n) is 30.7. The molecule has 510 valence electrons. The van der Waals surface area contributed by atoms with Crippen molar-refractivity contribution in [1.82, 2.24) is 0 Å². The molecule has 2 heterocycles. The molecule has 0 radical (unpaired) electrons. The Bertz CT molecular complexity index is 3400. The van der Waals surface area contributed by atoms with Crippen LogP contribution in [0.1, 0.15) is 139 Å². The van der Waals surface area contributed by atoms with Crippen molar-refractivity contribution < 1.29 is 89.1 Å². The molecule has 4 fully saturated rings. The molecule has 3 N–H and O–H groups in total. The van der Waals surface area contributed by atoms with Gasteiger partial charge in [0, 0.05) is 11.8 Å². The van der Waals surface area contributed by atoms with Crippen LogP contribution in [0.4, 0.5) is 13.2 Å². The average molecular weight is 1530 g/mol. The van der Waals surface area contributed by atoms with Gasteiger partial charge in [-0.05, 0) is 199 Å². The van der Waals surface area contributed by atoms with Crippen LogP contribution in [0, 0.1) is 46.3 Å². The second-order valence-electron chi connectivity index (χ2n) is 25.1. The fourth-order valence-electron chi connectivity index (χ4n) is 10.4. The highest BCUT2D eigenvalue weighted by atomic mass is 79.9. The Labute approximate surface area is 571 Å². The molecule has 2 aliphatic carbocycles.